The van der Waals surface area contributed by atoms with Gasteiger partial charge in [-0.2, -0.15) is 11.3 Å². The summed E-state index contributed by atoms with van der Waals surface area (Å²) in [5.41, 5.74) is 11.4. The van der Waals surface area contributed by atoms with Gasteiger partial charge in [-0.05, 0) is 53.1 Å². The number of nitrogens with zero attached hydrogens (tertiary/aromatic N) is 1. The van der Waals surface area contributed by atoms with Gasteiger partial charge in [-0.15, -0.1) is 0 Å². The molecular weight excluding hydrogens is 288 g/mol. The summed E-state index contributed by atoms with van der Waals surface area (Å²) < 4.78 is 2.37. The Morgan fingerprint density at radius 1 is 1.00 bits per heavy atom. The average Bonchev–Trinajstić information content (AvgIpc) is 3.20. The Balaban J connectivity index is 1.96. The van der Waals surface area contributed by atoms with Crippen LogP contribution in [0, 0.1) is 0 Å². The number of hydrogen-bond acceptors (Lipinski definition) is 2. The van der Waals surface area contributed by atoms with Gasteiger partial charge in [0.2, 0.25) is 0 Å². The van der Waals surface area contributed by atoms with Crippen LogP contribution in [-0.2, 0) is 6.54 Å². The number of nitrogens with two attached hydrogens (primary N) is 1. The zero-order valence-electron chi connectivity index (χ0n) is 12.5. The van der Waals surface area contributed by atoms with Crippen LogP contribution in [0.1, 0.15) is 24.1 Å². The fourth-order valence-electron chi connectivity index (χ4n) is 3.25. The normalized spacial score (nSPS) is 13.0. The summed E-state index contributed by atoms with van der Waals surface area (Å²) in [5, 5.41) is 6.81. The van der Waals surface area contributed by atoms with E-state index in [4.69, 9.17) is 5.73 Å². The molecule has 3 heteroatoms. The van der Waals surface area contributed by atoms with E-state index in [9.17, 15) is 0 Å². The Bertz CT molecular complexity index is 935. The van der Waals surface area contributed by atoms with E-state index >= 15 is 0 Å². The monoisotopic (exact) mass is 306 g/mol. The molecule has 0 aliphatic heterocycles. The molecular formula is C19H18N2S. The second-order valence-corrected chi connectivity index (χ2v) is 6.35. The van der Waals surface area contributed by atoms with Crippen molar-refractivity contribution in [3.8, 4) is 0 Å². The van der Waals surface area contributed by atoms with E-state index in [0.29, 0.717) is 0 Å². The summed E-state index contributed by atoms with van der Waals surface area (Å²) in [4.78, 5) is 0. The molecule has 110 valence electrons. The standard InChI is InChI=1S/C19H18N2S/c1-2-21-17-6-4-3-5-15(17)16-11-13(7-8-18(16)21)19(20)14-9-10-22-12-14/h3-12,19H,2,20H2,1H3. The maximum Gasteiger partial charge on any atom is 0.0560 e. The lowest BCUT2D eigenvalue weighted by Gasteiger charge is -2.11. The predicted molar refractivity (Wildman–Crippen MR) is 95.5 cm³/mol. The lowest BCUT2D eigenvalue weighted by atomic mass is 10.00. The summed E-state index contributed by atoms with van der Waals surface area (Å²) in [5.74, 6) is 0. The van der Waals surface area contributed by atoms with Crippen LogP contribution in [0.2, 0.25) is 0 Å². The van der Waals surface area contributed by atoms with Crippen LogP contribution in [0.5, 0.6) is 0 Å². The van der Waals surface area contributed by atoms with Crippen molar-refractivity contribution in [2.45, 2.75) is 19.5 Å². The SMILES string of the molecule is CCn1c2ccccc2c2cc(C(N)c3ccsc3)ccc21. The molecule has 22 heavy (non-hydrogen) atoms. The molecule has 2 N–H and O–H groups in total. The van der Waals surface area contributed by atoms with Gasteiger partial charge in [-0.25, -0.2) is 0 Å². The Morgan fingerprint density at radius 3 is 2.59 bits per heavy atom. The van der Waals surface area contributed by atoms with Crippen LogP contribution in [0.15, 0.2) is 59.3 Å². The van der Waals surface area contributed by atoms with Gasteiger partial charge in [0, 0.05) is 28.4 Å². The van der Waals surface area contributed by atoms with Crippen molar-refractivity contribution in [3.05, 3.63) is 70.4 Å². The van der Waals surface area contributed by atoms with Gasteiger partial charge in [0.25, 0.3) is 0 Å². The van der Waals surface area contributed by atoms with E-state index in [0.717, 1.165) is 6.54 Å². The smallest absolute Gasteiger partial charge is 0.0560 e. The Labute approximate surface area is 133 Å². The molecule has 0 aliphatic rings. The number of aromatic nitrogens is 1. The van der Waals surface area contributed by atoms with E-state index in [2.05, 4.69) is 70.8 Å². The van der Waals surface area contributed by atoms with Crippen LogP contribution in [0.4, 0.5) is 0 Å². The maximum absolute atomic E-state index is 6.44. The molecule has 0 saturated heterocycles. The van der Waals surface area contributed by atoms with Crippen molar-refractivity contribution in [2.24, 2.45) is 5.73 Å². The molecule has 2 heterocycles. The van der Waals surface area contributed by atoms with Gasteiger partial charge in [0.05, 0.1) is 6.04 Å². The molecule has 0 fully saturated rings. The van der Waals surface area contributed by atoms with Gasteiger partial charge in [0.15, 0.2) is 0 Å². The van der Waals surface area contributed by atoms with E-state index in [1.165, 1.54) is 32.9 Å². The Morgan fingerprint density at radius 2 is 1.82 bits per heavy atom. The molecule has 1 atom stereocenters. The van der Waals surface area contributed by atoms with Crippen molar-refractivity contribution in [1.82, 2.24) is 4.57 Å². The zero-order valence-corrected chi connectivity index (χ0v) is 13.3. The molecule has 0 spiro atoms. The third-order valence-corrected chi connectivity index (χ3v) is 5.08. The molecule has 0 bridgehead atoms. The third-order valence-electron chi connectivity index (χ3n) is 4.37. The number of hydrogen-bond donors (Lipinski definition) is 1. The molecule has 4 rings (SSSR count). The molecule has 2 aromatic carbocycles. The van der Waals surface area contributed by atoms with Crippen molar-refractivity contribution < 1.29 is 0 Å². The number of thiophene rings is 1. The van der Waals surface area contributed by atoms with Crippen molar-refractivity contribution in [3.63, 3.8) is 0 Å². The topological polar surface area (TPSA) is 30.9 Å². The highest BCUT2D eigenvalue weighted by Gasteiger charge is 2.13. The molecule has 0 aliphatic carbocycles. The summed E-state index contributed by atoms with van der Waals surface area (Å²) in [6.45, 7) is 3.16. The zero-order chi connectivity index (χ0) is 15.1. The van der Waals surface area contributed by atoms with Crippen molar-refractivity contribution in [1.29, 1.82) is 0 Å². The van der Waals surface area contributed by atoms with Gasteiger partial charge in [-0.3, -0.25) is 0 Å². The highest BCUT2D eigenvalue weighted by atomic mass is 32.1. The molecule has 4 aromatic rings. The number of benzene rings is 2. The van der Waals surface area contributed by atoms with E-state index in [1.54, 1.807) is 11.3 Å². The number of aryl methyl sites for hydroxylation is 1. The molecule has 2 nitrogen and oxygen atoms in total. The van der Waals surface area contributed by atoms with E-state index < -0.39 is 0 Å². The highest BCUT2D eigenvalue weighted by molar-refractivity contribution is 7.08. The lowest BCUT2D eigenvalue weighted by Crippen LogP contribution is -2.10. The number of fused-ring (bicyclic) bond motifs is 3. The van der Waals surface area contributed by atoms with Crippen LogP contribution in [-0.4, -0.2) is 4.57 Å². The van der Waals surface area contributed by atoms with Crippen molar-refractivity contribution >= 4 is 33.1 Å². The predicted octanol–water partition coefficient (Wildman–Crippen LogP) is 4.92. The molecule has 0 radical (unpaired) electrons. The quantitative estimate of drug-likeness (QED) is 0.572. The van der Waals surface area contributed by atoms with Crippen molar-refractivity contribution in [2.75, 3.05) is 0 Å². The van der Waals surface area contributed by atoms with Gasteiger partial charge in [-0.1, -0.05) is 24.3 Å². The fourth-order valence-corrected chi connectivity index (χ4v) is 3.95. The summed E-state index contributed by atoms with van der Waals surface area (Å²) in [7, 11) is 0. The third kappa shape index (κ3) is 1.97. The summed E-state index contributed by atoms with van der Waals surface area (Å²) in [6.07, 6.45) is 0. The van der Waals surface area contributed by atoms with Crippen LogP contribution < -0.4 is 5.73 Å². The molecule has 2 aromatic heterocycles. The summed E-state index contributed by atoms with van der Waals surface area (Å²) >= 11 is 1.69. The minimum atomic E-state index is -0.0561. The van der Waals surface area contributed by atoms with Gasteiger partial charge >= 0.3 is 0 Å². The number of para-hydroxylation sites is 1. The van der Waals surface area contributed by atoms with Crippen LogP contribution in [0.3, 0.4) is 0 Å². The minimum absolute atomic E-state index is 0.0561. The first-order chi connectivity index (χ1) is 10.8. The Kier molecular flexibility index (Phi) is 3.25. The largest absolute Gasteiger partial charge is 0.341 e. The first-order valence-electron chi connectivity index (χ1n) is 7.58. The number of rotatable bonds is 3. The molecule has 0 amide bonds. The van der Waals surface area contributed by atoms with E-state index in [1.807, 2.05) is 0 Å². The first kappa shape index (κ1) is 13.6. The molecule has 0 saturated carbocycles. The Hall–Kier alpha value is -2.10. The highest BCUT2D eigenvalue weighted by Crippen LogP contribution is 2.32. The van der Waals surface area contributed by atoms with Crippen LogP contribution >= 0.6 is 11.3 Å². The first-order valence-corrected chi connectivity index (χ1v) is 8.52. The second-order valence-electron chi connectivity index (χ2n) is 5.57. The fraction of sp³-hybridized carbons (Fsp3) is 0.158. The molecule has 1 unspecified atom stereocenters. The summed E-state index contributed by atoms with van der Waals surface area (Å²) in [6, 6.07) is 17.3. The lowest BCUT2D eigenvalue weighted by molar-refractivity contribution is 0.826. The minimum Gasteiger partial charge on any atom is -0.341 e. The second kappa shape index (κ2) is 5.27. The van der Waals surface area contributed by atoms with Gasteiger partial charge in [0.1, 0.15) is 0 Å². The van der Waals surface area contributed by atoms with Crippen LogP contribution in [0.25, 0.3) is 21.8 Å². The maximum atomic E-state index is 6.44. The van der Waals surface area contributed by atoms with E-state index in [-0.39, 0.29) is 6.04 Å². The average molecular weight is 306 g/mol. The van der Waals surface area contributed by atoms with Gasteiger partial charge < -0.3 is 10.3 Å².